The molecule has 3 heteroatoms. The zero-order chi connectivity index (χ0) is 13.1. The zero-order valence-corrected chi connectivity index (χ0v) is 11.7. The molecule has 19 heavy (non-hydrogen) atoms. The summed E-state index contributed by atoms with van der Waals surface area (Å²) in [5.74, 6) is 0. The van der Waals surface area contributed by atoms with Gasteiger partial charge in [-0.05, 0) is 49.6 Å². The maximum Gasteiger partial charge on any atom is 0.0456 e. The van der Waals surface area contributed by atoms with Crippen molar-refractivity contribution in [2.45, 2.75) is 19.8 Å². The Bertz CT molecular complexity index is 538. The molecule has 2 heterocycles. The summed E-state index contributed by atoms with van der Waals surface area (Å²) in [5, 5.41) is 4.78. The van der Waals surface area contributed by atoms with Crippen LogP contribution >= 0.6 is 0 Å². The van der Waals surface area contributed by atoms with E-state index in [1.54, 1.807) is 0 Å². The first-order valence-electron chi connectivity index (χ1n) is 7.32. The second-order valence-electron chi connectivity index (χ2n) is 5.55. The van der Waals surface area contributed by atoms with Crippen molar-refractivity contribution in [1.29, 1.82) is 0 Å². The molecule has 1 aliphatic heterocycles. The van der Waals surface area contributed by atoms with E-state index >= 15 is 0 Å². The lowest BCUT2D eigenvalue weighted by Gasteiger charge is -2.27. The van der Waals surface area contributed by atoms with Gasteiger partial charge in [0.1, 0.15) is 0 Å². The number of hydrogen-bond donors (Lipinski definition) is 2. The van der Waals surface area contributed by atoms with Gasteiger partial charge in [0.25, 0.3) is 0 Å². The number of aryl methyl sites for hydroxylation is 2. The van der Waals surface area contributed by atoms with E-state index in [0.29, 0.717) is 0 Å². The fourth-order valence-corrected chi connectivity index (χ4v) is 2.90. The van der Waals surface area contributed by atoms with E-state index in [2.05, 4.69) is 46.5 Å². The van der Waals surface area contributed by atoms with Crippen molar-refractivity contribution >= 4 is 10.9 Å². The van der Waals surface area contributed by atoms with Crippen molar-refractivity contribution < 1.29 is 0 Å². The predicted octanol–water partition coefficient (Wildman–Crippen LogP) is 2.31. The van der Waals surface area contributed by atoms with E-state index in [-0.39, 0.29) is 0 Å². The van der Waals surface area contributed by atoms with E-state index in [1.807, 2.05) is 0 Å². The predicted molar refractivity (Wildman–Crippen MR) is 80.7 cm³/mol. The van der Waals surface area contributed by atoms with E-state index < -0.39 is 0 Å². The zero-order valence-electron chi connectivity index (χ0n) is 11.7. The van der Waals surface area contributed by atoms with Gasteiger partial charge in [0, 0.05) is 43.3 Å². The summed E-state index contributed by atoms with van der Waals surface area (Å²) in [7, 11) is 0. The van der Waals surface area contributed by atoms with Gasteiger partial charge in [-0.1, -0.05) is 6.07 Å². The summed E-state index contributed by atoms with van der Waals surface area (Å²) in [6.07, 6.45) is 4.54. The third kappa shape index (κ3) is 2.99. The fraction of sp³-hybridized carbons (Fsp3) is 0.500. The number of fused-ring (bicyclic) bond motifs is 1. The number of piperazine rings is 1. The minimum Gasteiger partial charge on any atom is -0.361 e. The Morgan fingerprint density at radius 2 is 2.05 bits per heavy atom. The molecule has 0 spiro atoms. The van der Waals surface area contributed by atoms with Crippen LogP contribution in [0.1, 0.15) is 17.5 Å². The van der Waals surface area contributed by atoms with Gasteiger partial charge in [-0.25, -0.2) is 0 Å². The molecule has 3 nitrogen and oxygen atoms in total. The van der Waals surface area contributed by atoms with Crippen LogP contribution in [-0.4, -0.2) is 42.6 Å². The van der Waals surface area contributed by atoms with Crippen molar-refractivity contribution in [3.8, 4) is 0 Å². The lowest BCUT2D eigenvalue weighted by Crippen LogP contribution is -2.43. The molecule has 2 N–H and O–H groups in total. The maximum atomic E-state index is 3.40. The van der Waals surface area contributed by atoms with Crippen LogP contribution in [0.3, 0.4) is 0 Å². The lowest BCUT2D eigenvalue weighted by atomic mass is 10.1. The van der Waals surface area contributed by atoms with Crippen LogP contribution in [0, 0.1) is 6.92 Å². The minimum atomic E-state index is 1.15. The second kappa shape index (κ2) is 5.76. The molecule has 0 unspecified atom stereocenters. The van der Waals surface area contributed by atoms with Crippen LogP contribution < -0.4 is 5.32 Å². The number of aromatic amines is 1. The maximum absolute atomic E-state index is 3.40. The van der Waals surface area contributed by atoms with E-state index in [4.69, 9.17) is 0 Å². The molecule has 1 aromatic heterocycles. The van der Waals surface area contributed by atoms with Crippen LogP contribution in [0.5, 0.6) is 0 Å². The SMILES string of the molecule is Cc1c[nH]c2ccc(CCCN3CCNCC3)cc12. The van der Waals surface area contributed by atoms with Crippen molar-refractivity contribution in [2.75, 3.05) is 32.7 Å². The van der Waals surface area contributed by atoms with Crippen LogP contribution in [0.25, 0.3) is 10.9 Å². The van der Waals surface area contributed by atoms with Crippen molar-refractivity contribution in [3.05, 3.63) is 35.5 Å². The van der Waals surface area contributed by atoms with Gasteiger partial charge in [-0.2, -0.15) is 0 Å². The third-order valence-corrected chi connectivity index (χ3v) is 4.10. The first-order chi connectivity index (χ1) is 9.33. The summed E-state index contributed by atoms with van der Waals surface area (Å²) in [5.41, 5.74) is 4.06. The molecule has 0 saturated carbocycles. The average Bonchev–Trinajstić information content (AvgIpc) is 2.82. The summed E-state index contributed by atoms with van der Waals surface area (Å²) in [6, 6.07) is 6.82. The molecule has 0 bridgehead atoms. The van der Waals surface area contributed by atoms with Gasteiger partial charge in [-0.15, -0.1) is 0 Å². The molecule has 3 rings (SSSR count). The highest BCUT2D eigenvalue weighted by molar-refractivity contribution is 5.83. The number of aromatic nitrogens is 1. The molecule has 0 amide bonds. The Hall–Kier alpha value is -1.32. The van der Waals surface area contributed by atoms with Gasteiger partial charge < -0.3 is 15.2 Å². The second-order valence-corrected chi connectivity index (χ2v) is 5.55. The summed E-state index contributed by atoms with van der Waals surface area (Å²) in [4.78, 5) is 5.87. The lowest BCUT2D eigenvalue weighted by molar-refractivity contribution is 0.238. The average molecular weight is 257 g/mol. The Labute approximate surface area is 115 Å². The molecular weight excluding hydrogens is 234 g/mol. The standard InChI is InChI=1S/C16H23N3/c1-13-12-18-16-5-4-14(11-15(13)16)3-2-8-19-9-6-17-7-10-19/h4-5,11-12,17-18H,2-3,6-10H2,1H3. The molecule has 0 aliphatic carbocycles. The van der Waals surface area contributed by atoms with Crippen LogP contribution in [0.4, 0.5) is 0 Å². The molecule has 0 atom stereocenters. The molecule has 1 fully saturated rings. The molecule has 1 saturated heterocycles. The monoisotopic (exact) mass is 257 g/mol. The van der Waals surface area contributed by atoms with Gasteiger partial charge in [0.05, 0.1) is 0 Å². The number of H-pyrrole nitrogens is 1. The van der Waals surface area contributed by atoms with Gasteiger partial charge >= 0.3 is 0 Å². The first-order valence-corrected chi connectivity index (χ1v) is 7.32. The van der Waals surface area contributed by atoms with E-state index in [9.17, 15) is 0 Å². The highest BCUT2D eigenvalue weighted by atomic mass is 15.2. The summed E-state index contributed by atoms with van der Waals surface area (Å²) < 4.78 is 0. The van der Waals surface area contributed by atoms with Gasteiger partial charge in [-0.3, -0.25) is 0 Å². The summed E-state index contributed by atoms with van der Waals surface area (Å²) >= 11 is 0. The van der Waals surface area contributed by atoms with E-state index in [0.717, 1.165) is 13.1 Å². The van der Waals surface area contributed by atoms with Crippen molar-refractivity contribution in [1.82, 2.24) is 15.2 Å². The van der Waals surface area contributed by atoms with E-state index in [1.165, 1.54) is 54.5 Å². The van der Waals surface area contributed by atoms with Crippen LogP contribution in [0.2, 0.25) is 0 Å². The van der Waals surface area contributed by atoms with Crippen LogP contribution in [0.15, 0.2) is 24.4 Å². The smallest absolute Gasteiger partial charge is 0.0456 e. The molecule has 1 aliphatic rings. The number of hydrogen-bond acceptors (Lipinski definition) is 2. The normalized spacial score (nSPS) is 17.1. The molecule has 0 radical (unpaired) electrons. The quantitative estimate of drug-likeness (QED) is 0.880. The van der Waals surface area contributed by atoms with Gasteiger partial charge in [0.2, 0.25) is 0 Å². The topological polar surface area (TPSA) is 31.1 Å². The molecule has 2 aromatic rings. The minimum absolute atomic E-state index is 1.15. The van der Waals surface area contributed by atoms with Crippen LogP contribution in [-0.2, 0) is 6.42 Å². The van der Waals surface area contributed by atoms with Gasteiger partial charge in [0.15, 0.2) is 0 Å². The van der Waals surface area contributed by atoms with Crippen molar-refractivity contribution in [3.63, 3.8) is 0 Å². The Kier molecular flexibility index (Phi) is 3.85. The largest absolute Gasteiger partial charge is 0.361 e. The first kappa shape index (κ1) is 12.7. The molecular formula is C16H23N3. The number of nitrogens with one attached hydrogen (secondary N) is 2. The fourth-order valence-electron chi connectivity index (χ4n) is 2.90. The summed E-state index contributed by atoms with van der Waals surface area (Å²) in [6.45, 7) is 8.10. The highest BCUT2D eigenvalue weighted by Crippen LogP contribution is 2.19. The Balaban J connectivity index is 1.57. The number of nitrogens with zero attached hydrogens (tertiary/aromatic N) is 1. The molecule has 1 aromatic carbocycles. The Morgan fingerprint density at radius 1 is 1.21 bits per heavy atom. The Morgan fingerprint density at radius 3 is 2.89 bits per heavy atom. The van der Waals surface area contributed by atoms with Crippen molar-refractivity contribution in [2.24, 2.45) is 0 Å². The third-order valence-electron chi connectivity index (χ3n) is 4.10. The number of rotatable bonds is 4. The highest BCUT2D eigenvalue weighted by Gasteiger charge is 2.08. The number of benzene rings is 1. The molecule has 102 valence electrons.